The lowest BCUT2D eigenvalue weighted by Crippen LogP contribution is -2.40. The number of rotatable bonds is 4. The number of hydrogen-bond acceptors (Lipinski definition) is 2. The van der Waals surface area contributed by atoms with Gasteiger partial charge in [-0.25, -0.2) is 4.57 Å². The van der Waals surface area contributed by atoms with E-state index in [0.717, 1.165) is 5.75 Å². The monoisotopic (exact) mass is 198 g/mol. The number of hydrogen-bond donors (Lipinski definition) is 1. The molecule has 0 aliphatic heterocycles. The second kappa shape index (κ2) is 5.25. The van der Waals surface area contributed by atoms with Crippen LogP contribution in [0.25, 0.3) is 0 Å². The Kier molecular flexibility index (Phi) is 4.25. The molecule has 3 heteroatoms. The van der Waals surface area contributed by atoms with Gasteiger partial charge in [-0.15, -0.1) is 0 Å². The highest BCUT2D eigenvalue weighted by molar-refractivity contribution is 7.98. The summed E-state index contributed by atoms with van der Waals surface area (Å²) in [4.78, 5) is 0. The smallest absolute Gasteiger partial charge is 0.174 e. The van der Waals surface area contributed by atoms with Crippen LogP contribution >= 0.6 is 11.8 Å². The van der Waals surface area contributed by atoms with E-state index in [4.69, 9.17) is 0 Å². The summed E-state index contributed by atoms with van der Waals surface area (Å²) in [5.41, 5.74) is 1.25. The van der Waals surface area contributed by atoms with Crippen molar-refractivity contribution >= 4 is 11.8 Å². The average molecular weight is 198 g/mol. The first kappa shape index (κ1) is 10.5. The minimum atomic E-state index is -0.247. The van der Waals surface area contributed by atoms with Crippen molar-refractivity contribution in [1.82, 2.24) is 0 Å². The van der Waals surface area contributed by atoms with Crippen molar-refractivity contribution in [3.05, 3.63) is 30.1 Å². The predicted molar refractivity (Wildman–Crippen MR) is 55.8 cm³/mol. The van der Waals surface area contributed by atoms with E-state index in [0.29, 0.717) is 6.54 Å². The second-order valence-electron chi connectivity index (χ2n) is 3.18. The van der Waals surface area contributed by atoms with Gasteiger partial charge in [0.1, 0.15) is 6.10 Å². The fraction of sp³-hybridized carbons (Fsp3) is 0.500. The molecule has 0 aliphatic rings. The number of thioether (sulfide) groups is 1. The lowest BCUT2D eigenvalue weighted by Gasteiger charge is -2.04. The quantitative estimate of drug-likeness (QED) is 0.730. The molecule has 1 aromatic rings. The van der Waals surface area contributed by atoms with Crippen LogP contribution in [0.1, 0.15) is 5.56 Å². The maximum Gasteiger partial charge on any atom is 0.174 e. The van der Waals surface area contributed by atoms with Gasteiger partial charge in [-0.05, 0) is 18.7 Å². The molecule has 0 radical (unpaired) electrons. The topological polar surface area (TPSA) is 24.1 Å². The Hall–Kier alpha value is -0.540. The molecule has 1 N–H and O–H groups in total. The molecule has 13 heavy (non-hydrogen) atoms. The Morgan fingerprint density at radius 3 is 2.62 bits per heavy atom. The summed E-state index contributed by atoms with van der Waals surface area (Å²) in [6.45, 7) is 2.74. The first-order chi connectivity index (χ1) is 6.22. The first-order valence-electron chi connectivity index (χ1n) is 4.35. The van der Waals surface area contributed by atoms with Crippen LogP contribution in [0.4, 0.5) is 0 Å². The summed E-state index contributed by atoms with van der Waals surface area (Å²) in [5, 5.41) is 9.53. The number of aryl methyl sites for hydroxylation is 1. The number of aliphatic hydroxyl groups excluding tert-OH is 1. The Morgan fingerprint density at radius 2 is 2.08 bits per heavy atom. The predicted octanol–water partition coefficient (Wildman–Crippen LogP) is 1.01. The molecule has 72 valence electrons. The maximum absolute atomic E-state index is 9.53. The van der Waals surface area contributed by atoms with Gasteiger partial charge in [-0.1, -0.05) is 0 Å². The zero-order valence-corrected chi connectivity index (χ0v) is 8.92. The minimum Gasteiger partial charge on any atom is -0.386 e. The lowest BCUT2D eigenvalue weighted by molar-refractivity contribution is -0.703. The summed E-state index contributed by atoms with van der Waals surface area (Å²) < 4.78 is 2.01. The molecule has 1 unspecified atom stereocenters. The van der Waals surface area contributed by atoms with Gasteiger partial charge in [0, 0.05) is 17.9 Å². The highest BCUT2D eigenvalue weighted by atomic mass is 32.2. The molecule has 2 nitrogen and oxygen atoms in total. The van der Waals surface area contributed by atoms with Crippen LogP contribution in [0.15, 0.2) is 24.5 Å². The van der Waals surface area contributed by atoms with Crippen molar-refractivity contribution in [1.29, 1.82) is 0 Å². The van der Waals surface area contributed by atoms with E-state index in [1.165, 1.54) is 5.56 Å². The molecular weight excluding hydrogens is 182 g/mol. The van der Waals surface area contributed by atoms with Gasteiger partial charge >= 0.3 is 0 Å². The van der Waals surface area contributed by atoms with E-state index in [1.807, 2.05) is 35.3 Å². The van der Waals surface area contributed by atoms with Gasteiger partial charge < -0.3 is 5.11 Å². The molecule has 0 spiro atoms. The van der Waals surface area contributed by atoms with Crippen LogP contribution in [0.5, 0.6) is 0 Å². The van der Waals surface area contributed by atoms with Crippen molar-refractivity contribution in [2.24, 2.45) is 0 Å². The van der Waals surface area contributed by atoms with E-state index in [2.05, 4.69) is 6.92 Å². The third-order valence-corrected chi connectivity index (χ3v) is 2.56. The summed E-state index contributed by atoms with van der Waals surface area (Å²) in [5.74, 6) is 0.793. The zero-order chi connectivity index (χ0) is 9.68. The van der Waals surface area contributed by atoms with Crippen LogP contribution in [-0.4, -0.2) is 23.2 Å². The highest BCUT2D eigenvalue weighted by Crippen LogP contribution is 1.97. The molecule has 0 amide bonds. The second-order valence-corrected chi connectivity index (χ2v) is 4.09. The van der Waals surface area contributed by atoms with Gasteiger partial charge in [-0.2, -0.15) is 11.8 Å². The summed E-state index contributed by atoms with van der Waals surface area (Å²) >= 11 is 1.67. The number of nitrogens with zero attached hydrogens (tertiary/aromatic N) is 1. The minimum absolute atomic E-state index is 0.247. The normalized spacial score (nSPS) is 12.8. The molecule has 1 heterocycles. The molecule has 1 rings (SSSR count). The van der Waals surface area contributed by atoms with Crippen LogP contribution in [-0.2, 0) is 6.54 Å². The lowest BCUT2D eigenvalue weighted by atomic mass is 10.3. The molecule has 0 fully saturated rings. The van der Waals surface area contributed by atoms with Gasteiger partial charge in [-0.3, -0.25) is 0 Å². The SMILES string of the molecule is CSCC(O)C[n+]1ccc(C)cc1. The summed E-state index contributed by atoms with van der Waals surface area (Å²) in [6, 6.07) is 4.09. The molecular formula is C10H16NOS+. The maximum atomic E-state index is 9.53. The summed E-state index contributed by atoms with van der Waals surface area (Å²) in [7, 11) is 0. The van der Waals surface area contributed by atoms with Crippen LogP contribution in [0, 0.1) is 6.92 Å². The van der Waals surface area contributed by atoms with E-state index < -0.39 is 0 Å². The number of aromatic nitrogens is 1. The van der Waals surface area contributed by atoms with E-state index in [9.17, 15) is 5.11 Å². The van der Waals surface area contributed by atoms with Crippen molar-refractivity contribution in [2.45, 2.75) is 19.6 Å². The standard InChI is InChI=1S/C10H16NOS/c1-9-3-5-11(6-4-9)7-10(12)8-13-2/h3-6,10,12H,7-8H2,1-2H3/q+1. The number of aliphatic hydroxyl groups is 1. The highest BCUT2D eigenvalue weighted by Gasteiger charge is 2.08. The molecule has 1 aromatic heterocycles. The molecule has 0 aromatic carbocycles. The Labute approximate surface area is 83.6 Å². The molecule has 0 aliphatic carbocycles. The fourth-order valence-electron chi connectivity index (χ4n) is 1.14. The van der Waals surface area contributed by atoms with E-state index in [1.54, 1.807) is 11.8 Å². The molecule has 0 saturated heterocycles. The van der Waals surface area contributed by atoms with Crippen molar-refractivity contribution in [2.75, 3.05) is 12.0 Å². The van der Waals surface area contributed by atoms with Crippen LogP contribution in [0.3, 0.4) is 0 Å². The average Bonchev–Trinajstić information content (AvgIpc) is 2.09. The molecule has 1 atom stereocenters. The molecule has 0 bridgehead atoms. The van der Waals surface area contributed by atoms with Crippen molar-refractivity contribution in [3.8, 4) is 0 Å². The number of pyridine rings is 1. The van der Waals surface area contributed by atoms with Crippen LogP contribution < -0.4 is 4.57 Å². The van der Waals surface area contributed by atoms with Gasteiger partial charge in [0.15, 0.2) is 18.9 Å². The van der Waals surface area contributed by atoms with E-state index in [-0.39, 0.29) is 6.10 Å². The largest absolute Gasteiger partial charge is 0.386 e. The van der Waals surface area contributed by atoms with E-state index >= 15 is 0 Å². The molecule has 0 saturated carbocycles. The first-order valence-corrected chi connectivity index (χ1v) is 5.74. The Morgan fingerprint density at radius 1 is 1.46 bits per heavy atom. The third kappa shape index (κ3) is 3.79. The third-order valence-electron chi connectivity index (χ3n) is 1.84. The Balaban J connectivity index is 2.49. The summed E-state index contributed by atoms with van der Waals surface area (Å²) in [6.07, 6.45) is 5.75. The van der Waals surface area contributed by atoms with Crippen molar-refractivity contribution in [3.63, 3.8) is 0 Å². The van der Waals surface area contributed by atoms with Gasteiger partial charge in [0.05, 0.1) is 0 Å². The zero-order valence-electron chi connectivity index (χ0n) is 8.10. The Bertz CT molecular complexity index is 248. The van der Waals surface area contributed by atoms with Gasteiger partial charge in [0.25, 0.3) is 0 Å². The van der Waals surface area contributed by atoms with Crippen LogP contribution in [0.2, 0.25) is 0 Å². The fourth-order valence-corrected chi connectivity index (χ4v) is 1.63. The van der Waals surface area contributed by atoms with Gasteiger partial charge in [0.2, 0.25) is 0 Å². The van der Waals surface area contributed by atoms with Crippen molar-refractivity contribution < 1.29 is 9.67 Å².